The summed E-state index contributed by atoms with van der Waals surface area (Å²) in [6.45, 7) is 5.34. The molecule has 0 saturated heterocycles. The molecule has 7 nitrogen and oxygen atoms in total. The molecule has 28 heavy (non-hydrogen) atoms. The Balaban J connectivity index is 2.11. The van der Waals surface area contributed by atoms with Crippen LogP contribution in [0.5, 0.6) is 5.75 Å². The Morgan fingerprint density at radius 3 is 3.07 bits per heavy atom. The summed E-state index contributed by atoms with van der Waals surface area (Å²) in [6, 6.07) is 1.69. The lowest BCUT2D eigenvalue weighted by atomic mass is 10.1. The number of H-pyrrole nitrogens is 1. The number of aromatic nitrogens is 3. The van der Waals surface area contributed by atoms with E-state index < -0.39 is 12.8 Å². The third kappa shape index (κ3) is 4.01. The van der Waals surface area contributed by atoms with Crippen LogP contribution in [-0.4, -0.2) is 59.0 Å². The summed E-state index contributed by atoms with van der Waals surface area (Å²) in [5.74, 6) is 0.491. The second-order valence-electron chi connectivity index (χ2n) is 6.22. The van der Waals surface area contributed by atoms with E-state index in [1.807, 2.05) is 0 Å². The van der Waals surface area contributed by atoms with E-state index in [1.165, 1.54) is 23.2 Å². The van der Waals surface area contributed by atoms with E-state index in [4.69, 9.17) is 21.1 Å². The van der Waals surface area contributed by atoms with Crippen LogP contribution in [0.25, 0.3) is 11.0 Å². The quantitative estimate of drug-likeness (QED) is 0.845. The van der Waals surface area contributed by atoms with Crippen LogP contribution in [0.15, 0.2) is 47.4 Å². The Hall–Kier alpha value is -2.87. The Labute approximate surface area is 166 Å². The summed E-state index contributed by atoms with van der Waals surface area (Å²) in [5, 5.41) is 7.56. The van der Waals surface area contributed by atoms with Crippen molar-refractivity contribution in [2.75, 3.05) is 26.9 Å². The van der Waals surface area contributed by atoms with Gasteiger partial charge in [-0.2, -0.15) is 5.10 Å². The number of carbonyl (C=O) groups is 1. The Morgan fingerprint density at radius 1 is 1.57 bits per heavy atom. The zero-order valence-electron chi connectivity index (χ0n) is 15.5. The van der Waals surface area contributed by atoms with E-state index in [2.05, 4.69) is 21.8 Å². The highest BCUT2D eigenvalue weighted by atomic mass is 35.5. The van der Waals surface area contributed by atoms with Crippen LogP contribution in [0.4, 0.5) is 4.39 Å². The minimum Gasteiger partial charge on any atom is -0.491 e. The lowest BCUT2D eigenvalue weighted by molar-refractivity contribution is 0.0748. The van der Waals surface area contributed by atoms with E-state index in [-0.39, 0.29) is 24.1 Å². The number of carbonyl (C=O) groups excluding carboxylic acids is 1. The number of aromatic amines is 1. The molecule has 0 unspecified atom stereocenters. The summed E-state index contributed by atoms with van der Waals surface area (Å²) in [6.07, 6.45) is 3.73. The van der Waals surface area contributed by atoms with E-state index in [9.17, 15) is 9.18 Å². The maximum Gasteiger partial charge on any atom is 0.272 e. The molecule has 0 saturated carbocycles. The number of fused-ring (bicyclic) bond motifs is 1. The fourth-order valence-electron chi connectivity index (χ4n) is 2.88. The van der Waals surface area contributed by atoms with Crippen LogP contribution in [0.2, 0.25) is 0 Å². The first-order chi connectivity index (χ1) is 13.4. The number of hydrogen-bond donors (Lipinski definition) is 1. The summed E-state index contributed by atoms with van der Waals surface area (Å²) >= 11 is 6.20. The van der Waals surface area contributed by atoms with Gasteiger partial charge in [-0.05, 0) is 19.1 Å². The van der Waals surface area contributed by atoms with Gasteiger partial charge in [0.1, 0.15) is 36.6 Å². The molecule has 2 aromatic rings. The van der Waals surface area contributed by atoms with Gasteiger partial charge < -0.3 is 14.4 Å². The summed E-state index contributed by atoms with van der Waals surface area (Å²) < 4.78 is 24.4. The van der Waals surface area contributed by atoms with Gasteiger partial charge in [-0.25, -0.2) is 9.37 Å². The molecular weight excluding hydrogens is 387 g/mol. The van der Waals surface area contributed by atoms with Crippen molar-refractivity contribution in [3.8, 4) is 5.75 Å². The van der Waals surface area contributed by atoms with Crippen LogP contribution in [-0.2, 0) is 4.74 Å². The van der Waals surface area contributed by atoms with Gasteiger partial charge in [0.05, 0.1) is 23.7 Å². The van der Waals surface area contributed by atoms with Gasteiger partial charge in [-0.15, -0.1) is 0 Å². The van der Waals surface area contributed by atoms with Gasteiger partial charge in [0, 0.05) is 12.1 Å². The molecule has 1 aliphatic heterocycles. The van der Waals surface area contributed by atoms with Gasteiger partial charge in [0.15, 0.2) is 5.65 Å². The molecule has 3 heterocycles. The summed E-state index contributed by atoms with van der Waals surface area (Å²) in [7, 11) is 1.65. The molecule has 2 aromatic heterocycles. The normalized spacial score (nSPS) is 21.2. The predicted octanol–water partition coefficient (Wildman–Crippen LogP) is 3.36. The second-order valence-corrected chi connectivity index (χ2v) is 6.67. The number of pyridine rings is 1. The number of nitrogens with zero attached hydrogens (tertiary/aromatic N) is 3. The first-order valence-corrected chi connectivity index (χ1v) is 9.00. The molecule has 0 radical (unpaired) electrons. The highest BCUT2D eigenvalue weighted by molar-refractivity contribution is 6.31. The van der Waals surface area contributed by atoms with Crippen molar-refractivity contribution in [1.82, 2.24) is 20.1 Å². The molecule has 9 heteroatoms. The largest absolute Gasteiger partial charge is 0.491 e. The van der Waals surface area contributed by atoms with E-state index in [0.29, 0.717) is 33.8 Å². The zero-order chi connectivity index (χ0) is 20.3. The highest BCUT2D eigenvalue weighted by Gasteiger charge is 2.23. The lowest BCUT2D eigenvalue weighted by Gasteiger charge is -2.21. The van der Waals surface area contributed by atoms with Gasteiger partial charge in [0.25, 0.3) is 5.91 Å². The van der Waals surface area contributed by atoms with Crippen molar-refractivity contribution >= 4 is 28.5 Å². The van der Waals surface area contributed by atoms with Gasteiger partial charge in [0.2, 0.25) is 0 Å². The Bertz CT molecular complexity index is 969. The van der Waals surface area contributed by atoms with Crippen molar-refractivity contribution in [2.45, 2.75) is 13.0 Å². The highest BCUT2D eigenvalue weighted by Crippen LogP contribution is 2.28. The standard InChI is InChI=1S/C19H20ClFN4O3/c1-11(20)16-12(2)28-13-9-14-17(23-24-18(14)22-10-13)19(26)25(3)7-8-27-15(16)5-4-6-21/h4-5,9-10,12H,1,6-8H2,2-3H3,(H,22,23,24)/b5-4-,16-15-/t12-/m1/s1. The smallest absolute Gasteiger partial charge is 0.272 e. The van der Waals surface area contributed by atoms with Crippen molar-refractivity contribution in [3.05, 3.63) is 53.1 Å². The minimum absolute atomic E-state index is 0.168. The predicted molar refractivity (Wildman–Crippen MR) is 104 cm³/mol. The zero-order valence-corrected chi connectivity index (χ0v) is 16.3. The van der Waals surface area contributed by atoms with Gasteiger partial charge >= 0.3 is 0 Å². The molecule has 1 aliphatic rings. The Morgan fingerprint density at radius 2 is 2.36 bits per heavy atom. The van der Waals surface area contributed by atoms with Crippen molar-refractivity contribution in [1.29, 1.82) is 0 Å². The number of rotatable bonds is 3. The van der Waals surface area contributed by atoms with E-state index >= 15 is 0 Å². The van der Waals surface area contributed by atoms with E-state index in [1.54, 1.807) is 20.0 Å². The molecule has 3 rings (SSSR count). The monoisotopic (exact) mass is 406 g/mol. The molecule has 2 bridgehead atoms. The number of amides is 1. The molecular formula is C19H20ClFN4O3. The molecule has 1 N–H and O–H groups in total. The SMILES string of the molecule is C=C(Cl)/C1=C(\C=C/CF)OCCN(C)C(=O)c2[nH]nc3ncc(cc23)O[C@@H]1C. The molecule has 148 valence electrons. The topological polar surface area (TPSA) is 80.3 Å². The van der Waals surface area contributed by atoms with Gasteiger partial charge in [-0.1, -0.05) is 24.3 Å². The Kier molecular flexibility index (Phi) is 5.99. The van der Waals surface area contributed by atoms with Gasteiger partial charge in [-0.3, -0.25) is 9.89 Å². The number of ether oxygens (including phenoxy) is 2. The first-order valence-electron chi connectivity index (χ1n) is 8.62. The molecule has 0 spiro atoms. The molecule has 1 atom stereocenters. The summed E-state index contributed by atoms with van der Waals surface area (Å²) in [4.78, 5) is 18.5. The van der Waals surface area contributed by atoms with Crippen LogP contribution in [0, 0.1) is 0 Å². The van der Waals surface area contributed by atoms with Crippen molar-refractivity contribution in [2.24, 2.45) is 0 Å². The minimum atomic E-state index is -0.662. The average Bonchev–Trinajstić information content (AvgIpc) is 3.07. The second kappa shape index (κ2) is 8.43. The fraction of sp³-hybridized carbons (Fsp3) is 0.316. The van der Waals surface area contributed by atoms with Crippen molar-refractivity contribution in [3.63, 3.8) is 0 Å². The maximum absolute atomic E-state index is 12.7. The van der Waals surface area contributed by atoms with Crippen LogP contribution in [0.1, 0.15) is 17.4 Å². The summed E-state index contributed by atoms with van der Waals surface area (Å²) in [5.41, 5.74) is 1.20. The fourth-order valence-corrected chi connectivity index (χ4v) is 3.12. The third-order valence-corrected chi connectivity index (χ3v) is 4.47. The van der Waals surface area contributed by atoms with Crippen LogP contribution < -0.4 is 4.74 Å². The molecule has 1 amide bonds. The maximum atomic E-state index is 12.7. The number of alkyl halides is 1. The lowest BCUT2D eigenvalue weighted by Crippen LogP contribution is -2.30. The molecule has 0 fully saturated rings. The molecule has 0 aliphatic carbocycles. The number of allylic oxidation sites excluding steroid dienone is 2. The number of hydrogen-bond acceptors (Lipinski definition) is 5. The first kappa shape index (κ1) is 19.9. The average molecular weight is 407 g/mol. The number of likely N-dealkylation sites (N-methyl/N-ethyl adjacent to an activating group) is 1. The van der Waals surface area contributed by atoms with Crippen LogP contribution in [0.3, 0.4) is 0 Å². The van der Waals surface area contributed by atoms with Crippen LogP contribution >= 0.6 is 11.6 Å². The van der Waals surface area contributed by atoms with Crippen molar-refractivity contribution < 1.29 is 18.7 Å². The van der Waals surface area contributed by atoms with E-state index in [0.717, 1.165) is 0 Å². The number of halogens is 2. The third-order valence-electron chi connectivity index (χ3n) is 4.26. The molecule has 0 aromatic carbocycles. The number of nitrogens with one attached hydrogen (secondary N) is 1.